The first kappa shape index (κ1) is 15.5. The van der Waals surface area contributed by atoms with Gasteiger partial charge in [0.25, 0.3) is 0 Å². The second kappa shape index (κ2) is 7.69. The zero-order valence-electron chi connectivity index (χ0n) is 10.2. The lowest BCUT2D eigenvalue weighted by Gasteiger charge is -2.20. The number of hydrogen-bond acceptors (Lipinski definition) is 2. The highest BCUT2D eigenvalue weighted by molar-refractivity contribution is 5.85. The zero-order chi connectivity index (χ0) is 11.3. The summed E-state index contributed by atoms with van der Waals surface area (Å²) in [6, 6.07) is 0.564. The van der Waals surface area contributed by atoms with E-state index in [1.807, 2.05) is 13.0 Å². The summed E-state index contributed by atoms with van der Waals surface area (Å²) in [5.41, 5.74) is 0. The average Bonchev–Trinajstić information content (AvgIpc) is 2.65. The maximum Gasteiger partial charge on any atom is 0.224 e. The fraction of sp³-hybridized carbons (Fsp3) is 0.750. The van der Waals surface area contributed by atoms with Crippen molar-refractivity contribution in [3.8, 4) is 0 Å². The summed E-state index contributed by atoms with van der Waals surface area (Å²) in [5.74, 6) is 0.350. The Balaban J connectivity index is 0.00000225. The monoisotopic (exact) mass is 246 g/mol. The minimum Gasteiger partial charge on any atom is -0.353 e. The highest BCUT2D eigenvalue weighted by Gasteiger charge is 2.31. The van der Waals surface area contributed by atoms with Crippen LogP contribution in [-0.4, -0.2) is 24.5 Å². The van der Waals surface area contributed by atoms with Gasteiger partial charge in [0.1, 0.15) is 0 Å². The summed E-state index contributed by atoms with van der Waals surface area (Å²) < 4.78 is 0. The van der Waals surface area contributed by atoms with Crippen molar-refractivity contribution in [3.05, 3.63) is 12.7 Å². The topological polar surface area (TPSA) is 41.1 Å². The molecule has 0 aromatic rings. The fourth-order valence-electron chi connectivity index (χ4n) is 2.17. The average molecular weight is 247 g/mol. The first-order valence-corrected chi connectivity index (χ1v) is 5.83. The molecule has 2 N–H and O–H groups in total. The minimum absolute atomic E-state index is 0. The van der Waals surface area contributed by atoms with Crippen LogP contribution in [0.1, 0.15) is 33.1 Å². The number of halogens is 1. The molecule has 0 aromatic heterocycles. The largest absolute Gasteiger partial charge is 0.353 e. The molecule has 0 aliphatic carbocycles. The highest BCUT2D eigenvalue weighted by Crippen LogP contribution is 2.18. The van der Waals surface area contributed by atoms with E-state index in [1.165, 1.54) is 0 Å². The molecule has 1 aliphatic rings. The van der Waals surface area contributed by atoms with Crippen LogP contribution in [0.2, 0.25) is 0 Å². The first-order valence-electron chi connectivity index (χ1n) is 5.83. The van der Waals surface area contributed by atoms with Crippen LogP contribution in [0.15, 0.2) is 12.7 Å². The third-order valence-corrected chi connectivity index (χ3v) is 3.03. The van der Waals surface area contributed by atoms with Gasteiger partial charge in [-0.2, -0.15) is 0 Å². The van der Waals surface area contributed by atoms with Crippen LogP contribution in [-0.2, 0) is 4.79 Å². The molecular weight excluding hydrogens is 224 g/mol. The van der Waals surface area contributed by atoms with Gasteiger partial charge in [-0.1, -0.05) is 13.0 Å². The van der Waals surface area contributed by atoms with Crippen molar-refractivity contribution in [3.63, 3.8) is 0 Å². The Kier molecular flexibility index (Phi) is 7.43. The second-order valence-corrected chi connectivity index (χ2v) is 4.30. The Morgan fingerprint density at radius 3 is 2.94 bits per heavy atom. The van der Waals surface area contributed by atoms with E-state index < -0.39 is 0 Å². The number of nitrogens with one attached hydrogen (secondary N) is 2. The molecule has 3 atom stereocenters. The lowest BCUT2D eigenvalue weighted by atomic mass is 9.97. The van der Waals surface area contributed by atoms with E-state index in [2.05, 4.69) is 24.1 Å². The molecule has 16 heavy (non-hydrogen) atoms. The minimum atomic E-state index is 0. The molecular formula is C12H23ClN2O. The van der Waals surface area contributed by atoms with Crippen molar-refractivity contribution < 1.29 is 4.79 Å². The molecule has 1 rings (SSSR count). The van der Waals surface area contributed by atoms with E-state index >= 15 is 0 Å². The van der Waals surface area contributed by atoms with Gasteiger partial charge in [0.2, 0.25) is 5.91 Å². The van der Waals surface area contributed by atoms with Gasteiger partial charge in [0, 0.05) is 12.1 Å². The van der Waals surface area contributed by atoms with Gasteiger partial charge in [-0.25, -0.2) is 0 Å². The molecule has 3 nitrogen and oxygen atoms in total. The van der Waals surface area contributed by atoms with E-state index in [9.17, 15) is 4.79 Å². The Morgan fingerprint density at radius 1 is 1.69 bits per heavy atom. The molecule has 0 radical (unpaired) electrons. The van der Waals surface area contributed by atoms with E-state index in [0.717, 1.165) is 25.8 Å². The molecule has 0 bridgehead atoms. The molecule has 1 amide bonds. The van der Waals surface area contributed by atoms with Crippen LogP contribution in [0.5, 0.6) is 0 Å². The second-order valence-electron chi connectivity index (χ2n) is 4.30. The highest BCUT2D eigenvalue weighted by atomic mass is 35.5. The summed E-state index contributed by atoms with van der Waals surface area (Å²) in [7, 11) is 0. The standard InChI is InChI=1S/C12H22N2O.ClH/c1-4-6-9(3)14-12(15)10-7-8-13-11(10)5-2;/h4,9-11,13H,1,5-8H2,2-3H3,(H,14,15);1H. The summed E-state index contributed by atoms with van der Waals surface area (Å²) in [5, 5.41) is 6.40. The van der Waals surface area contributed by atoms with Crippen molar-refractivity contribution in [1.29, 1.82) is 0 Å². The molecule has 1 fully saturated rings. The zero-order valence-corrected chi connectivity index (χ0v) is 11.0. The van der Waals surface area contributed by atoms with Crippen molar-refractivity contribution >= 4 is 18.3 Å². The van der Waals surface area contributed by atoms with Crippen LogP contribution in [0, 0.1) is 5.92 Å². The van der Waals surface area contributed by atoms with Gasteiger partial charge in [-0.15, -0.1) is 19.0 Å². The predicted molar refractivity (Wildman–Crippen MR) is 69.9 cm³/mol. The third kappa shape index (κ3) is 4.14. The van der Waals surface area contributed by atoms with Gasteiger partial charge >= 0.3 is 0 Å². The number of rotatable bonds is 5. The lowest BCUT2D eigenvalue weighted by molar-refractivity contribution is -0.125. The van der Waals surface area contributed by atoms with Crippen LogP contribution < -0.4 is 10.6 Å². The Bertz CT molecular complexity index is 233. The fourth-order valence-corrected chi connectivity index (χ4v) is 2.17. The Morgan fingerprint density at radius 2 is 2.38 bits per heavy atom. The summed E-state index contributed by atoms with van der Waals surface area (Å²) in [4.78, 5) is 11.9. The molecule has 0 saturated carbocycles. The van der Waals surface area contributed by atoms with E-state index in [4.69, 9.17) is 0 Å². The maximum absolute atomic E-state index is 11.9. The number of carbonyl (C=O) groups is 1. The number of amides is 1. The van der Waals surface area contributed by atoms with Crippen LogP contribution in [0.4, 0.5) is 0 Å². The van der Waals surface area contributed by atoms with E-state index in [1.54, 1.807) is 0 Å². The molecule has 3 unspecified atom stereocenters. The molecule has 1 aliphatic heterocycles. The van der Waals surface area contributed by atoms with Crippen LogP contribution in [0.3, 0.4) is 0 Å². The van der Waals surface area contributed by atoms with Gasteiger partial charge in [0.05, 0.1) is 5.92 Å². The number of carbonyl (C=O) groups excluding carboxylic acids is 1. The smallest absolute Gasteiger partial charge is 0.224 e. The summed E-state index contributed by atoms with van der Waals surface area (Å²) in [6.45, 7) is 8.78. The maximum atomic E-state index is 11.9. The molecule has 1 heterocycles. The van der Waals surface area contributed by atoms with Crippen molar-refractivity contribution in [2.45, 2.75) is 45.2 Å². The molecule has 4 heteroatoms. The Labute approximate surface area is 104 Å². The van der Waals surface area contributed by atoms with Crippen molar-refractivity contribution in [2.75, 3.05) is 6.54 Å². The number of hydrogen-bond donors (Lipinski definition) is 2. The van der Waals surface area contributed by atoms with Crippen molar-refractivity contribution in [1.82, 2.24) is 10.6 Å². The van der Waals surface area contributed by atoms with Crippen LogP contribution in [0.25, 0.3) is 0 Å². The van der Waals surface area contributed by atoms with Crippen molar-refractivity contribution in [2.24, 2.45) is 5.92 Å². The van der Waals surface area contributed by atoms with E-state index in [-0.39, 0.29) is 30.3 Å². The first-order chi connectivity index (χ1) is 7.19. The van der Waals surface area contributed by atoms with Gasteiger partial charge in [-0.3, -0.25) is 4.79 Å². The third-order valence-electron chi connectivity index (χ3n) is 3.03. The molecule has 94 valence electrons. The quantitative estimate of drug-likeness (QED) is 0.728. The molecule has 0 aromatic carbocycles. The normalized spacial score (nSPS) is 25.6. The van der Waals surface area contributed by atoms with E-state index in [0.29, 0.717) is 6.04 Å². The lowest BCUT2D eigenvalue weighted by Crippen LogP contribution is -2.41. The summed E-state index contributed by atoms with van der Waals surface area (Å²) in [6.07, 6.45) is 4.66. The summed E-state index contributed by atoms with van der Waals surface area (Å²) >= 11 is 0. The predicted octanol–water partition coefficient (Wildman–Crippen LogP) is 1.88. The molecule has 1 saturated heterocycles. The van der Waals surface area contributed by atoms with Gasteiger partial charge in [0.15, 0.2) is 0 Å². The Hall–Kier alpha value is -0.540. The SMILES string of the molecule is C=CCC(C)NC(=O)C1CCNC1CC.Cl. The molecule has 0 spiro atoms. The van der Waals surface area contributed by atoms with Crippen LogP contribution >= 0.6 is 12.4 Å². The van der Waals surface area contributed by atoms with Gasteiger partial charge in [-0.05, 0) is 32.7 Å². The van der Waals surface area contributed by atoms with Gasteiger partial charge < -0.3 is 10.6 Å².